The van der Waals surface area contributed by atoms with E-state index < -0.39 is 0 Å². The maximum Gasteiger partial charge on any atom is 0.246 e. The molecule has 0 aromatic rings. The lowest BCUT2D eigenvalue weighted by molar-refractivity contribution is -0.124. The van der Waals surface area contributed by atoms with Crippen molar-refractivity contribution in [1.29, 1.82) is 0 Å². The predicted octanol–water partition coefficient (Wildman–Crippen LogP) is 6.42. The molecule has 1 rings (SSSR count). The first-order chi connectivity index (χ1) is 11.8. The van der Waals surface area contributed by atoms with Crippen molar-refractivity contribution in [1.82, 2.24) is 4.90 Å². The topological polar surface area (TPSA) is 20.3 Å². The second-order valence-corrected chi connectivity index (χ2v) is 7.14. The van der Waals surface area contributed by atoms with Gasteiger partial charge in [-0.25, -0.2) is 0 Å². The van der Waals surface area contributed by atoms with E-state index in [-0.39, 0.29) is 5.91 Å². The molecule has 1 amide bonds. The molecular formula is C22H39NO. The Morgan fingerprint density at radius 1 is 0.792 bits per heavy atom. The molecule has 2 heteroatoms. The highest BCUT2D eigenvalue weighted by molar-refractivity contribution is 5.88. The minimum atomic E-state index is 0.173. The van der Waals surface area contributed by atoms with Crippen LogP contribution in [-0.2, 0) is 4.79 Å². The number of hydrogen-bond acceptors (Lipinski definition) is 1. The molecular weight excluding hydrogens is 294 g/mol. The molecule has 2 nitrogen and oxygen atoms in total. The minimum absolute atomic E-state index is 0.173. The Bertz CT molecular complexity index is 353. The van der Waals surface area contributed by atoms with Crippen LogP contribution in [0.25, 0.3) is 0 Å². The van der Waals surface area contributed by atoms with E-state index >= 15 is 0 Å². The maximum absolute atomic E-state index is 11.8. The van der Waals surface area contributed by atoms with Gasteiger partial charge in [-0.3, -0.25) is 4.79 Å². The molecule has 0 saturated carbocycles. The zero-order valence-corrected chi connectivity index (χ0v) is 16.0. The van der Waals surface area contributed by atoms with Crippen LogP contribution in [0.5, 0.6) is 0 Å². The van der Waals surface area contributed by atoms with Crippen molar-refractivity contribution in [2.24, 2.45) is 0 Å². The molecule has 0 aliphatic carbocycles. The summed E-state index contributed by atoms with van der Waals surface area (Å²) in [7, 11) is 0. The number of rotatable bonds is 14. The summed E-state index contributed by atoms with van der Waals surface area (Å²) >= 11 is 0. The molecule has 1 aliphatic rings. The number of carbonyl (C=O) groups excluding carboxylic acids is 1. The van der Waals surface area contributed by atoms with Crippen LogP contribution in [0.2, 0.25) is 0 Å². The van der Waals surface area contributed by atoms with Crippen LogP contribution in [0.3, 0.4) is 0 Å². The Balaban J connectivity index is 1.83. The summed E-state index contributed by atoms with van der Waals surface area (Å²) in [4.78, 5) is 13.7. The highest BCUT2D eigenvalue weighted by Crippen LogP contribution is 2.12. The third-order valence-corrected chi connectivity index (χ3v) is 4.88. The second kappa shape index (κ2) is 15.5. The molecule has 0 spiro atoms. The monoisotopic (exact) mass is 333 g/mol. The normalized spacial score (nSPS) is 15.1. The lowest BCUT2D eigenvalue weighted by atomic mass is 10.1. The van der Waals surface area contributed by atoms with Gasteiger partial charge in [0.1, 0.15) is 0 Å². The number of likely N-dealkylation sites (tertiary alicyclic amines) is 1. The zero-order chi connectivity index (χ0) is 17.3. The Hall–Kier alpha value is -1.05. The molecule has 1 heterocycles. The van der Waals surface area contributed by atoms with Crippen molar-refractivity contribution in [3.8, 4) is 0 Å². The Labute approximate surface area is 150 Å². The number of allylic oxidation sites excluding steroid dienone is 3. The maximum atomic E-state index is 11.8. The molecule has 138 valence electrons. The minimum Gasteiger partial charge on any atom is -0.339 e. The first-order valence-electron chi connectivity index (χ1n) is 10.5. The van der Waals surface area contributed by atoms with Gasteiger partial charge in [-0.2, -0.15) is 0 Å². The molecule has 1 aliphatic heterocycles. The summed E-state index contributed by atoms with van der Waals surface area (Å²) in [5.74, 6) is 0.173. The van der Waals surface area contributed by atoms with Crippen LogP contribution in [0.4, 0.5) is 0 Å². The quantitative estimate of drug-likeness (QED) is 0.204. The molecule has 0 unspecified atom stereocenters. The van der Waals surface area contributed by atoms with E-state index in [2.05, 4.69) is 13.0 Å². The van der Waals surface area contributed by atoms with E-state index in [1.807, 2.05) is 17.1 Å². The molecule has 1 saturated heterocycles. The van der Waals surface area contributed by atoms with Crippen LogP contribution in [0.1, 0.15) is 96.8 Å². The molecule has 0 atom stereocenters. The van der Waals surface area contributed by atoms with Gasteiger partial charge >= 0.3 is 0 Å². The summed E-state index contributed by atoms with van der Waals surface area (Å²) in [6, 6.07) is 0. The average molecular weight is 334 g/mol. The van der Waals surface area contributed by atoms with Gasteiger partial charge in [0.05, 0.1) is 0 Å². The van der Waals surface area contributed by atoms with Crippen molar-refractivity contribution >= 4 is 5.91 Å². The first kappa shape index (κ1) is 21.0. The number of amides is 1. The van der Waals surface area contributed by atoms with Crippen LogP contribution < -0.4 is 0 Å². The van der Waals surface area contributed by atoms with Crippen molar-refractivity contribution in [3.63, 3.8) is 0 Å². The summed E-state index contributed by atoms with van der Waals surface area (Å²) in [6.07, 6.45) is 26.6. The molecule has 0 bridgehead atoms. The highest BCUT2D eigenvalue weighted by Gasteiger charge is 2.14. The van der Waals surface area contributed by atoms with E-state index in [0.717, 1.165) is 32.4 Å². The smallest absolute Gasteiger partial charge is 0.246 e. The van der Waals surface area contributed by atoms with Gasteiger partial charge in [0.25, 0.3) is 0 Å². The van der Waals surface area contributed by atoms with E-state index in [1.165, 1.54) is 70.6 Å². The number of nitrogens with zero attached hydrogens (tertiary/aromatic N) is 1. The van der Waals surface area contributed by atoms with Gasteiger partial charge < -0.3 is 4.90 Å². The van der Waals surface area contributed by atoms with Gasteiger partial charge in [0.15, 0.2) is 0 Å². The molecule has 1 fully saturated rings. The first-order valence-corrected chi connectivity index (χ1v) is 10.5. The van der Waals surface area contributed by atoms with Crippen LogP contribution in [-0.4, -0.2) is 23.9 Å². The largest absolute Gasteiger partial charge is 0.339 e. The highest BCUT2D eigenvalue weighted by atomic mass is 16.2. The molecule has 0 aromatic carbocycles. The van der Waals surface area contributed by atoms with Crippen LogP contribution >= 0.6 is 0 Å². The number of carbonyl (C=O) groups is 1. The fraction of sp³-hybridized carbons (Fsp3) is 0.773. The zero-order valence-electron chi connectivity index (χ0n) is 16.0. The van der Waals surface area contributed by atoms with Crippen molar-refractivity contribution in [2.75, 3.05) is 13.1 Å². The fourth-order valence-corrected chi connectivity index (χ4v) is 3.28. The Morgan fingerprint density at radius 3 is 1.92 bits per heavy atom. The molecule has 0 aromatic heterocycles. The van der Waals surface area contributed by atoms with E-state index in [0.29, 0.717) is 0 Å². The third-order valence-electron chi connectivity index (χ3n) is 4.88. The van der Waals surface area contributed by atoms with Gasteiger partial charge in [0, 0.05) is 19.2 Å². The van der Waals surface area contributed by atoms with Crippen LogP contribution in [0.15, 0.2) is 24.3 Å². The summed E-state index contributed by atoms with van der Waals surface area (Å²) < 4.78 is 0. The fourth-order valence-electron chi connectivity index (χ4n) is 3.28. The Morgan fingerprint density at radius 2 is 1.33 bits per heavy atom. The Kier molecular flexibility index (Phi) is 13.5. The predicted molar refractivity (Wildman–Crippen MR) is 105 cm³/mol. The average Bonchev–Trinajstić information content (AvgIpc) is 3.13. The third kappa shape index (κ3) is 11.5. The molecule has 0 radical (unpaired) electrons. The standard InChI is InChI=1S/C22H39NO/c1-2-3-4-5-6-7-8-9-10-11-12-13-14-15-16-19-22(24)23-20-17-18-21-23/h14-16,19H,2-13,17-18,20-21H2,1H3. The van der Waals surface area contributed by atoms with Crippen molar-refractivity contribution < 1.29 is 4.79 Å². The SMILES string of the molecule is CCCCCCCCCCCCCC=CC=CC(=O)N1CCCC1. The van der Waals surface area contributed by atoms with Crippen molar-refractivity contribution in [2.45, 2.75) is 96.8 Å². The van der Waals surface area contributed by atoms with E-state index in [4.69, 9.17) is 0 Å². The number of hydrogen-bond donors (Lipinski definition) is 0. The van der Waals surface area contributed by atoms with Gasteiger partial charge in [0.2, 0.25) is 5.91 Å². The molecule has 0 N–H and O–H groups in total. The van der Waals surface area contributed by atoms with Gasteiger partial charge in [-0.1, -0.05) is 89.4 Å². The lowest BCUT2D eigenvalue weighted by Gasteiger charge is -2.11. The van der Waals surface area contributed by atoms with Gasteiger partial charge in [-0.05, 0) is 25.7 Å². The van der Waals surface area contributed by atoms with Crippen LogP contribution in [0, 0.1) is 0 Å². The lowest BCUT2D eigenvalue weighted by Crippen LogP contribution is -2.25. The van der Waals surface area contributed by atoms with E-state index in [9.17, 15) is 4.79 Å². The summed E-state index contributed by atoms with van der Waals surface area (Å²) in [5, 5.41) is 0. The van der Waals surface area contributed by atoms with Crippen molar-refractivity contribution in [3.05, 3.63) is 24.3 Å². The molecule has 24 heavy (non-hydrogen) atoms. The summed E-state index contributed by atoms with van der Waals surface area (Å²) in [6.45, 7) is 4.15. The van der Waals surface area contributed by atoms with Gasteiger partial charge in [-0.15, -0.1) is 0 Å². The second-order valence-electron chi connectivity index (χ2n) is 7.14. The van der Waals surface area contributed by atoms with E-state index in [1.54, 1.807) is 6.08 Å². The summed E-state index contributed by atoms with van der Waals surface area (Å²) in [5.41, 5.74) is 0. The number of unbranched alkanes of at least 4 members (excludes halogenated alkanes) is 11.